The average molecular weight is 374 g/mol. The average Bonchev–Trinajstić information content (AvgIpc) is 2.65. The van der Waals surface area contributed by atoms with Gasteiger partial charge < -0.3 is 19.1 Å². The molecule has 1 unspecified atom stereocenters. The Hall–Kier alpha value is -2.73. The summed E-state index contributed by atoms with van der Waals surface area (Å²) in [6.45, 7) is 9.67. The first-order chi connectivity index (χ1) is 12.9. The third-order valence-corrected chi connectivity index (χ3v) is 4.42. The van der Waals surface area contributed by atoms with Crippen LogP contribution in [0.1, 0.15) is 42.9 Å². The Balaban J connectivity index is 2.28. The molecule has 0 fully saturated rings. The molecule has 1 aromatic carbocycles. The van der Waals surface area contributed by atoms with E-state index in [0.29, 0.717) is 23.7 Å². The van der Waals surface area contributed by atoms with Crippen LogP contribution >= 0.6 is 0 Å². The van der Waals surface area contributed by atoms with Crippen LogP contribution in [-0.2, 0) is 23.9 Å². The van der Waals surface area contributed by atoms with Crippen LogP contribution in [0.5, 0.6) is 0 Å². The van der Waals surface area contributed by atoms with Gasteiger partial charge in [-0.25, -0.2) is 10.1 Å². The van der Waals surface area contributed by atoms with Gasteiger partial charge in [-0.2, -0.15) is 0 Å². The first kappa shape index (κ1) is 20.6. The summed E-state index contributed by atoms with van der Waals surface area (Å²) in [5.74, 6) is 0.504. The lowest BCUT2D eigenvalue weighted by molar-refractivity contribution is -0.208. The Morgan fingerprint density at radius 2 is 2.11 bits per heavy atom. The summed E-state index contributed by atoms with van der Waals surface area (Å²) < 4.78 is 15.8. The van der Waals surface area contributed by atoms with Gasteiger partial charge in [0, 0.05) is 12.5 Å². The first-order valence-electron chi connectivity index (χ1n) is 8.76. The molecule has 1 atom stereocenters. The van der Waals surface area contributed by atoms with Crippen molar-refractivity contribution < 1.29 is 29.1 Å². The quantitative estimate of drug-likeness (QED) is 0.415. The number of benzene rings is 1. The summed E-state index contributed by atoms with van der Waals surface area (Å²) in [7, 11) is 1.54. The van der Waals surface area contributed by atoms with Crippen molar-refractivity contribution in [1.82, 2.24) is 0 Å². The number of ether oxygens (including phenoxy) is 3. The fourth-order valence-corrected chi connectivity index (χ4v) is 3.03. The number of aryl methyl sites for hydroxylation is 1. The van der Waals surface area contributed by atoms with E-state index in [1.807, 2.05) is 26.0 Å². The van der Waals surface area contributed by atoms with Crippen LogP contribution in [0.25, 0.3) is 5.57 Å². The van der Waals surface area contributed by atoms with Crippen molar-refractivity contribution in [1.29, 1.82) is 0 Å². The van der Waals surface area contributed by atoms with Gasteiger partial charge in [0.25, 0.3) is 0 Å². The Kier molecular flexibility index (Phi) is 7.07. The first-order valence-corrected chi connectivity index (χ1v) is 8.76. The van der Waals surface area contributed by atoms with Gasteiger partial charge in [0.05, 0.1) is 19.6 Å². The number of hydrogen-bond donors (Lipinski definition) is 1. The molecule has 2 rings (SSSR count). The largest absolute Gasteiger partial charge is 0.497 e. The van der Waals surface area contributed by atoms with Crippen molar-refractivity contribution in [2.45, 2.75) is 33.1 Å². The van der Waals surface area contributed by atoms with E-state index in [1.165, 1.54) is 7.11 Å². The molecule has 1 N–H and O–H groups in total. The lowest BCUT2D eigenvalue weighted by Gasteiger charge is -2.26. The van der Waals surface area contributed by atoms with Crippen molar-refractivity contribution in [3.05, 3.63) is 64.8 Å². The maximum Gasteiger partial charge on any atom is 0.344 e. The van der Waals surface area contributed by atoms with Gasteiger partial charge in [0.2, 0.25) is 0 Å². The predicted octanol–water partition coefficient (Wildman–Crippen LogP) is 4.33. The topological polar surface area (TPSA) is 74.2 Å². The fraction of sp³-hybridized carbons (Fsp3) is 0.381. The number of methoxy groups -OCH3 is 1. The van der Waals surface area contributed by atoms with Crippen LogP contribution < -0.4 is 0 Å². The van der Waals surface area contributed by atoms with Crippen LogP contribution in [0.3, 0.4) is 0 Å². The molecule has 0 saturated heterocycles. The monoisotopic (exact) mass is 374 g/mol. The summed E-state index contributed by atoms with van der Waals surface area (Å²) in [5, 5.41) is 9.40. The molecule has 0 amide bonds. The Labute approximate surface area is 159 Å². The smallest absolute Gasteiger partial charge is 0.344 e. The van der Waals surface area contributed by atoms with E-state index >= 15 is 0 Å². The van der Waals surface area contributed by atoms with E-state index in [0.717, 1.165) is 22.3 Å². The molecule has 0 aliphatic heterocycles. The lowest BCUT2D eigenvalue weighted by atomic mass is 9.85. The highest BCUT2D eigenvalue weighted by Gasteiger charge is 2.30. The summed E-state index contributed by atoms with van der Waals surface area (Å²) in [6, 6.07) is 6.03. The van der Waals surface area contributed by atoms with E-state index in [2.05, 4.69) is 17.5 Å². The van der Waals surface area contributed by atoms with E-state index in [1.54, 1.807) is 13.0 Å². The van der Waals surface area contributed by atoms with Crippen molar-refractivity contribution >= 4 is 11.5 Å². The fourth-order valence-electron chi connectivity index (χ4n) is 3.03. The van der Waals surface area contributed by atoms with Crippen LogP contribution in [0.15, 0.2) is 48.1 Å². The minimum Gasteiger partial charge on any atom is -0.497 e. The normalized spacial score (nSPS) is 16.5. The standard InChI is InChI=1S/C21H26O6/c1-6-25-21(22)12-26-20-11-18(27-23)17(10-19(20)24-5)16-8-7-15(13(2)3)9-14(16)4/h7-9,11,17,23H,2,6,10,12H2,1,3-5H3. The third kappa shape index (κ3) is 4.92. The van der Waals surface area contributed by atoms with E-state index < -0.39 is 5.97 Å². The van der Waals surface area contributed by atoms with Crippen LogP contribution in [0, 0.1) is 6.92 Å². The SMILES string of the molecule is C=C(C)c1ccc(C2CC(OC)=C(OCC(=O)OCC)C=C2OO)c(C)c1. The molecule has 0 spiro atoms. The summed E-state index contributed by atoms with van der Waals surface area (Å²) in [6.07, 6.45) is 1.96. The van der Waals surface area contributed by atoms with E-state index in [4.69, 9.17) is 14.2 Å². The highest BCUT2D eigenvalue weighted by molar-refractivity contribution is 5.70. The molecule has 0 radical (unpaired) electrons. The summed E-state index contributed by atoms with van der Waals surface area (Å²) in [5.41, 5.74) is 4.09. The zero-order valence-corrected chi connectivity index (χ0v) is 16.2. The van der Waals surface area contributed by atoms with Crippen molar-refractivity contribution in [2.75, 3.05) is 20.3 Å². The molecule has 0 aromatic heterocycles. The van der Waals surface area contributed by atoms with Gasteiger partial charge in [-0.3, -0.25) is 0 Å². The minimum absolute atomic E-state index is 0.237. The van der Waals surface area contributed by atoms with Crippen molar-refractivity contribution in [3.8, 4) is 0 Å². The van der Waals surface area contributed by atoms with E-state index in [-0.39, 0.29) is 19.1 Å². The predicted molar refractivity (Wildman–Crippen MR) is 102 cm³/mol. The Morgan fingerprint density at radius 1 is 1.37 bits per heavy atom. The molecule has 0 saturated carbocycles. The molecule has 1 aromatic rings. The van der Waals surface area contributed by atoms with Gasteiger partial charge in [-0.1, -0.05) is 30.4 Å². The molecule has 6 nitrogen and oxygen atoms in total. The molecule has 0 bridgehead atoms. The number of allylic oxidation sites excluding steroid dienone is 4. The molecular formula is C21H26O6. The second-order valence-electron chi connectivity index (χ2n) is 6.33. The van der Waals surface area contributed by atoms with Gasteiger partial charge in [0.15, 0.2) is 18.1 Å². The Morgan fingerprint density at radius 3 is 2.67 bits per heavy atom. The molecule has 6 heteroatoms. The highest BCUT2D eigenvalue weighted by Crippen LogP contribution is 2.39. The Bertz CT molecular complexity index is 775. The zero-order chi connectivity index (χ0) is 20.0. The molecule has 146 valence electrons. The summed E-state index contributed by atoms with van der Waals surface area (Å²) >= 11 is 0. The number of carbonyl (C=O) groups excluding carboxylic acids is 1. The van der Waals surface area contributed by atoms with Crippen LogP contribution in [0.2, 0.25) is 0 Å². The van der Waals surface area contributed by atoms with Crippen LogP contribution in [0.4, 0.5) is 0 Å². The molecule has 1 aliphatic carbocycles. The second kappa shape index (κ2) is 9.28. The number of rotatable bonds is 8. The summed E-state index contributed by atoms with van der Waals surface area (Å²) in [4.78, 5) is 16.2. The van der Waals surface area contributed by atoms with Crippen molar-refractivity contribution in [2.24, 2.45) is 0 Å². The van der Waals surface area contributed by atoms with Crippen LogP contribution in [-0.4, -0.2) is 31.6 Å². The number of carbonyl (C=O) groups is 1. The van der Waals surface area contributed by atoms with Gasteiger partial charge >= 0.3 is 5.97 Å². The lowest BCUT2D eigenvalue weighted by Crippen LogP contribution is -2.18. The molecular weight excluding hydrogens is 348 g/mol. The molecule has 0 heterocycles. The second-order valence-corrected chi connectivity index (χ2v) is 6.33. The maximum atomic E-state index is 11.5. The zero-order valence-electron chi connectivity index (χ0n) is 16.2. The number of esters is 1. The van der Waals surface area contributed by atoms with Gasteiger partial charge in [0.1, 0.15) is 5.76 Å². The van der Waals surface area contributed by atoms with E-state index in [9.17, 15) is 10.1 Å². The molecule has 1 aliphatic rings. The van der Waals surface area contributed by atoms with Gasteiger partial charge in [-0.15, -0.1) is 0 Å². The third-order valence-electron chi connectivity index (χ3n) is 4.42. The molecule has 27 heavy (non-hydrogen) atoms. The minimum atomic E-state index is -0.478. The highest BCUT2D eigenvalue weighted by atomic mass is 17.1. The maximum absolute atomic E-state index is 11.5. The number of hydrogen-bond acceptors (Lipinski definition) is 6. The van der Waals surface area contributed by atoms with Crippen molar-refractivity contribution in [3.63, 3.8) is 0 Å². The van der Waals surface area contributed by atoms with Gasteiger partial charge in [-0.05, 0) is 37.5 Å².